The smallest absolute Gasteiger partial charge is 0.109 e. The Morgan fingerprint density at radius 1 is 0.968 bits per heavy atom. The lowest BCUT2D eigenvalue weighted by atomic mass is 9.94. The van der Waals surface area contributed by atoms with Gasteiger partial charge in [0.1, 0.15) is 12.2 Å². The molecule has 2 saturated heterocycles. The molecule has 0 spiro atoms. The summed E-state index contributed by atoms with van der Waals surface area (Å²) in [5.74, 6) is 0. The number of unbranched alkanes of at least 4 members (excludes halogenated alkanes) is 3. The van der Waals surface area contributed by atoms with Gasteiger partial charge in [-0.05, 0) is 69.3 Å². The summed E-state index contributed by atoms with van der Waals surface area (Å²) in [5, 5.41) is 42.8. The van der Waals surface area contributed by atoms with Crippen LogP contribution in [-0.2, 0) is 0 Å². The molecule has 176 valence electrons. The second-order valence-electron chi connectivity index (χ2n) is 9.18. The summed E-state index contributed by atoms with van der Waals surface area (Å²) in [6.07, 6.45) is 4.85. The van der Waals surface area contributed by atoms with Gasteiger partial charge in [-0.3, -0.25) is 4.90 Å². The number of rotatable bonds is 10. The van der Waals surface area contributed by atoms with E-state index in [1.807, 2.05) is 4.90 Å². The summed E-state index contributed by atoms with van der Waals surface area (Å²) < 4.78 is 0. The van der Waals surface area contributed by atoms with Crippen molar-refractivity contribution in [1.82, 2.24) is 4.90 Å². The minimum atomic E-state index is -1.18. The van der Waals surface area contributed by atoms with Crippen LogP contribution in [0.1, 0.15) is 50.5 Å². The summed E-state index contributed by atoms with van der Waals surface area (Å²) in [4.78, 5) is 4.39. The van der Waals surface area contributed by atoms with Gasteiger partial charge in [0.2, 0.25) is 0 Å². The van der Waals surface area contributed by atoms with Gasteiger partial charge < -0.3 is 30.6 Å². The molecule has 1 aromatic carbocycles. The SMILES string of the molecule is Cc1cc(N2CCCCC2)ccc1NCCCCCCN1C[C@H](O)[C@@H](O)[C@H](O)[C@H]1CO. The molecule has 0 aromatic heterocycles. The molecule has 1 aromatic rings. The van der Waals surface area contributed by atoms with Crippen molar-refractivity contribution in [3.63, 3.8) is 0 Å². The van der Waals surface area contributed by atoms with Gasteiger partial charge in [0.05, 0.1) is 18.8 Å². The fraction of sp³-hybridized carbons (Fsp3) is 0.750. The Morgan fingerprint density at radius 3 is 2.42 bits per heavy atom. The molecule has 7 nitrogen and oxygen atoms in total. The van der Waals surface area contributed by atoms with Crippen LogP contribution in [-0.4, -0.2) is 89.0 Å². The molecule has 4 atom stereocenters. The number of hydrogen-bond acceptors (Lipinski definition) is 7. The number of anilines is 2. The second kappa shape index (κ2) is 12.0. The van der Waals surface area contributed by atoms with Crippen molar-refractivity contribution >= 4 is 11.4 Å². The van der Waals surface area contributed by atoms with Crippen LogP contribution in [0.2, 0.25) is 0 Å². The summed E-state index contributed by atoms with van der Waals surface area (Å²) in [5.41, 5.74) is 3.84. The summed E-state index contributed by atoms with van der Waals surface area (Å²) in [6.45, 7) is 6.23. The zero-order valence-corrected chi connectivity index (χ0v) is 18.9. The van der Waals surface area contributed by atoms with E-state index in [9.17, 15) is 20.4 Å². The molecule has 2 aliphatic rings. The Labute approximate surface area is 186 Å². The topological polar surface area (TPSA) is 99.4 Å². The molecule has 0 radical (unpaired) electrons. The minimum Gasteiger partial charge on any atom is -0.395 e. The Kier molecular flexibility index (Phi) is 9.41. The van der Waals surface area contributed by atoms with E-state index in [2.05, 4.69) is 35.3 Å². The lowest BCUT2D eigenvalue weighted by Gasteiger charge is -2.43. The van der Waals surface area contributed by atoms with Crippen molar-refractivity contribution in [2.24, 2.45) is 0 Å². The number of nitrogens with zero attached hydrogens (tertiary/aromatic N) is 2. The molecule has 3 rings (SSSR count). The molecule has 2 fully saturated rings. The van der Waals surface area contributed by atoms with Gasteiger partial charge in [0, 0.05) is 37.6 Å². The fourth-order valence-corrected chi connectivity index (χ4v) is 4.85. The highest BCUT2D eigenvalue weighted by molar-refractivity contribution is 5.60. The maximum atomic E-state index is 10.1. The molecule has 0 unspecified atom stereocenters. The van der Waals surface area contributed by atoms with Crippen molar-refractivity contribution in [2.45, 2.75) is 76.2 Å². The number of likely N-dealkylation sites (tertiary alicyclic amines) is 1. The van der Waals surface area contributed by atoms with Crippen molar-refractivity contribution in [1.29, 1.82) is 0 Å². The average Bonchev–Trinajstić information content (AvgIpc) is 2.78. The van der Waals surface area contributed by atoms with Crippen LogP contribution in [0.3, 0.4) is 0 Å². The zero-order chi connectivity index (χ0) is 22.2. The first-order chi connectivity index (χ1) is 15.0. The summed E-state index contributed by atoms with van der Waals surface area (Å²) in [6, 6.07) is 6.23. The Bertz CT molecular complexity index is 668. The number of β-amino-alcohol motifs (C(OH)–C–C–N with tert-alkyl or cyclic N) is 1. The summed E-state index contributed by atoms with van der Waals surface area (Å²) >= 11 is 0. The van der Waals surface area contributed by atoms with Crippen LogP contribution >= 0.6 is 0 Å². The molecule has 2 aliphatic heterocycles. The molecule has 2 heterocycles. The molecular formula is C24H41N3O4. The number of hydrogen-bond donors (Lipinski definition) is 5. The maximum absolute atomic E-state index is 10.1. The van der Waals surface area contributed by atoms with Crippen LogP contribution in [0.4, 0.5) is 11.4 Å². The Morgan fingerprint density at radius 2 is 1.71 bits per heavy atom. The van der Waals surface area contributed by atoms with Gasteiger partial charge in [-0.2, -0.15) is 0 Å². The van der Waals surface area contributed by atoms with E-state index in [1.54, 1.807) is 0 Å². The molecule has 0 bridgehead atoms. The molecule has 0 amide bonds. The number of aryl methyl sites for hydroxylation is 1. The first kappa shape index (κ1) is 24.3. The molecule has 5 N–H and O–H groups in total. The van der Waals surface area contributed by atoms with Gasteiger partial charge in [-0.25, -0.2) is 0 Å². The lowest BCUT2D eigenvalue weighted by molar-refractivity contribution is -0.145. The van der Waals surface area contributed by atoms with E-state index in [4.69, 9.17) is 0 Å². The van der Waals surface area contributed by atoms with Gasteiger partial charge in [0.15, 0.2) is 0 Å². The largest absolute Gasteiger partial charge is 0.395 e. The van der Waals surface area contributed by atoms with Crippen LogP contribution in [0.15, 0.2) is 18.2 Å². The van der Waals surface area contributed by atoms with Gasteiger partial charge >= 0.3 is 0 Å². The van der Waals surface area contributed by atoms with Crippen LogP contribution < -0.4 is 10.2 Å². The third-order valence-corrected chi connectivity index (χ3v) is 6.83. The molecular weight excluding hydrogens is 394 g/mol. The first-order valence-corrected chi connectivity index (χ1v) is 12.0. The second-order valence-corrected chi connectivity index (χ2v) is 9.18. The third kappa shape index (κ3) is 6.56. The average molecular weight is 436 g/mol. The summed E-state index contributed by atoms with van der Waals surface area (Å²) in [7, 11) is 0. The van der Waals surface area contributed by atoms with E-state index in [-0.39, 0.29) is 13.2 Å². The van der Waals surface area contributed by atoms with Gasteiger partial charge in [0.25, 0.3) is 0 Å². The standard InChI is InChI=1S/C24H41N3O4/c1-18-15-19(26-12-7-4-8-13-26)9-10-20(18)25-11-5-2-3-6-14-27-16-22(29)24(31)23(30)21(27)17-28/h9-10,15,21-25,28-31H,2-8,11-14,16-17H2,1H3/t21-,22+,23-,24-/m1/s1. The van der Waals surface area contributed by atoms with Crippen molar-refractivity contribution in [3.05, 3.63) is 23.8 Å². The Balaban J connectivity index is 1.32. The number of aliphatic hydroxyl groups excluding tert-OH is 4. The van der Waals surface area contributed by atoms with E-state index >= 15 is 0 Å². The predicted molar refractivity (Wildman–Crippen MR) is 125 cm³/mol. The van der Waals surface area contributed by atoms with Crippen molar-refractivity contribution in [3.8, 4) is 0 Å². The Hall–Kier alpha value is -1.38. The van der Waals surface area contributed by atoms with E-state index in [1.165, 1.54) is 49.3 Å². The maximum Gasteiger partial charge on any atom is 0.109 e. The number of aliphatic hydroxyl groups is 4. The lowest BCUT2D eigenvalue weighted by Crippen LogP contribution is -2.62. The normalized spacial score (nSPS) is 27.5. The van der Waals surface area contributed by atoms with E-state index < -0.39 is 24.4 Å². The molecule has 0 aliphatic carbocycles. The van der Waals surface area contributed by atoms with Crippen LogP contribution in [0.25, 0.3) is 0 Å². The molecule has 7 heteroatoms. The first-order valence-electron chi connectivity index (χ1n) is 12.0. The van der Waals surface area contributed by atoms with Gasteiger partial charge in [-0.1, -0.05) is 12.8 Å². The molecule has 31 heavy (non-hydrogen) atoms. The van der Waals surface area contributed by atoms with Crippen molar-refractivity contribution < 1.29 is 20.4 Å². The third-order valence-electron chi connectivity index (χ3n) is 6.83. The molecule has 0 saturated carbocycles. The quantitative estimate of drug-likeness (QED) is 0.357. The zero-order valence-electron chi connectivity index (χ0n) is 18.9. The monoisotopic (exact) mass is 435 g/mol. The fourth-order valence-electron chi connectivity index (χ4n) is 4.85. The minimum absolute atomic E-state index is 0.217. The highest BCUT2D eigenvalue weighted by Crippen LogP contribution is 2.25. The highest BCUT2D eigenvalue weighted by Gasteiger charge is 2.40. The van der Waals surface area contributed by atoms with Crippen LogP contribution in [0, 0.1) is 6.92 Å². The number of benzene rings is 1. The predicted octanol–water partition coefficient (Wildman–Crippen LogP) is 1.72. The number of nitrogens with one attached hydrogen (secondary N) is 1. The number of piperidine rings is 2. The van der Waals surface area contributed by atoms with Crippen LogP contribution in [0.5, 0.6) is 0 Å². The van der Waals surface area contributed by atoms with E-state index in [0.717, 1.165) is 32.2 Å². The van der Waals surface area contributed by atoms with E-state index in [0.29, 0.717) is 6.54 Å². The highest BCUT2D eigenvalue weighted by atomic mass is 16.4. The van der Waals surface area contributed by atoms with Gasteiger partial charge in [-0.15, -0.1) is 0 Å². The van der Waals surface area contributed by atoms with Crippen molar-refractivity contribution in [2.75, 3.05) is 49.5 Å².